The van der Waals surface area contributed by atoms with Gasteiger partial charge in [0.1, 0.15) is 6.61 Å². The van der Waals surface area contributed by atoms with Gasteiger partial charge in [-0.2, -0.15) is 0 Å². The zero-order valence-electron chi connectivity index (χ0n) is 12.2. The van der Waals surface area contributed by atoms with E-state index in [0.717, 1.165) is 0 Å². The highest BCUT2D eigenvalue weighted by Gasteiger charge is 2.33. The SMILES string of the molecule is C=C(CCC=CCOC(=O)OC)C(=O)ON1C(=O)CCC1=O. The Hall–Kier alpha value is -2.64. The quantitative estimate of drug-likeness (QED) is 0.302. The van der Waals surface area contributed by atoms with E-state index in [1.54, 1.807) is 12.2 Å². The molecule has 0 bridgehead atoms. The van der Waals surface area contributed by atoms with Gasteiger partial charge in [0.25, 0.3) is 11.8 Å². The Morgan fingerprint density at radius 1 is 1.23 bits per heavy atom. The third-order valence-corrected chi connectivity index (χ3v) is 2.71. The highest BCUT2D eigenvalue weighted by atomic mass is 16.7. The van der Waals surface area contributed by atoms with Gasteiger partial charge in [0.05, 0.1) is 7.11 Å². The van der Waals surface area contributed by atoms with E-state index >= 15 is 0 Å². The minimum Gasteiger partial charge on any atom is -0.438 e. The fourth-order valence-electron chi connectivity index (χ4n) is 1.53. The van der Waals surface area contributed by atoms with Crippen LogP contribution in [-0.2, 0) is 28.7 Å². The number of amides is 2. The molecule has 0 atom stereocenters. The number of rotatable bonds is 7. The fraction of sp³-hybridized carbons (Fsp3) is 0.429. The molecule has 1 rings (SSSR count). The van der Waals surface area contributed by atoms with Crippen molar-refractivity contribution in [3.63, 3.8) is 0 Å². The molecule has 1 fully saturated rings. The standard InChI is InChI=1S/C14H17NO7/c1-10(6-4-3-5-9-21-14(19)20-2)13(18)22-15-11(16)7-8-12(15)17/h3,5H,1,4,6-9H2,2H3. The summed E-state index contributed by atoms with van der Waals surface area (Å²) >= 11 is 0. The van der Waals surface area contributed by atoms with Gasteiger partial charge in [-0.15, -0.1) is 5.06 Å². The normalized spacial score (nSPS) is 14.3. The number of methoxy groups -OCH3 is 1. The maximum Gasteiger partial charge on any atom is 0.508 e. The number of ether oxygens (including phenoxy) is 2. The molecular formula is C14H17NO7. The molecule has 8 nitrogen and oxygen atoms in total. The molecular weight excluding hydrogens is 294 g/mol. The Balaban J connectivity index is 2.26. The van der Waals surface area contributed by atoms with E-state index in [1.165, 1.54) is 7.11 Å². The van der Waals surface area contributed by atoms with Gasteiger partial charge >= 0.3 is 12.1 Å². The second-order valence-electron chi connectivity index (χ2n) is 4.34. The maximum absolute atomic E-state index is 11.7. The van der Waals surface area contributed by atoms with E-state index in [2.05, 4.69) is 16.1 Å². The molecule has 120 valence electrons. The summed E-state index contributed by atoms with van der Waals surface area (Å²) in [4.78, 5) is 49.6. The third-order valence-electron chi connectivity index (χ3n) is 2.71. The molecule has 0 aromatic rings. The van der Waals surface area contributed by atoms with Gasteiger partial charge in [-0.05, 0) is 12.8 Å². The lowest BCUT2D eigenvalue weighted by Crippen LogP contribution is -2.32. The lowest BCUT2D eigenvalue weighted by Gasteiger charge is -2.13. The van der Waals surface area contributed by atoms with Crippen LogP contribution in [0.5, 0.6) is 0 Å². The van der Waals surface area contributed by atoms with Crippen molar-refractivity contribution < 1.29 is 33.5 Å². The van der Waals surface area contributed by atoms with Crippen molar-refractivity contribution in [3.8, 4) is 0 Å². The molecule has 0 aromatic heterocycles. The molecule has 0 unspecified atom stereocenters. The lowest BCUT2D eigenvalue weighted by atomic mass is 10.1. The number of nitrogens with zero attached hydrogens (tertiary/aromatic N) is 1. The van der Waals surface area contributed by atoms with Crippen LogP contribution in [0.1, 0.15) is 25.7 Å². The van der Waals surface area contributed by atoms with Crippen LogP contribution in [0, 0.1) is 0 Å². The average Bonchev–Trinajstić information content (AvgIpc) is 2.81. The summed E-state index contributed by atoms with van der Waals surface area (Å²) < 4.78 is 8.89. The summed E-state index contributed by atoms with van der Waals surface area (Å²) in [5, 5.41) is 0.480. The van der Waals surface area contributed by atoms with Gasteiger partial charge in [-0.3, -0.25) is 9.59 Å². The predicted molar refractivity (Wildman–Crippen MR) is 73.1 cm³/mol. The van der Waals surface area contributed by atoms with Gasteiger partial charge in [-0.1, -0.05) is 18.7 Å². The number of allylic oxidation sites excluding steroid dienone is 1. The number of hydroxylamine groups is 2. The summed E-state index contributed by atoms with van der Waals surface area (Å²) in [7, 11) is 1.21. The zero-order valence-corrected chi connectivity index (χ0v) is 12.2. The van der Waals surface area contributed by atoms with Gasteiger partial charge < -0.3 is 14.3 Å². The molecule has 22 heavy (non-hydrogen) atoms. The average molecular weight is 311 g/mol. The molecule has 0 aromatic carbocycles. The molecule has 0 spiro atoms. The van der Waals surface area contributed by atoms with Crippen LogP contribution in [0.25, 0.3) is 0 Å². The molecule has 1 aliphatic heterocycles. The van der Waals surface area contributed by atoms with Crippen LogP contribution in [0.4, 0.5) is 4.79 Å². The first-order valence-electron chi connectivity index (χ1n) is 6.57. The first-order valence-corrected chi connectivity index (χ1v) is 6.57. The summed E-state index contributed by atoms with van der Waals surface area (Å²) in [5.41, 5.74) is 0.131. The third kappa shape index (κ3) is 5.39. The van der Waals surface area contributed by atoms with Crippen molar-refractivity contribution >= 4 is 23.9 Å². The maximum atomic E-state index is 11.7. The first kappa shape index (κ1) is 17.4. The minimum absolute atomic E-state index is 0.0432. The highest BCUT2D eigenvalue weighted by molar-refractivity contribution is 6.02. The van der Waals surface area contributed by atoms with Crippen LogP contribution in [-0.4, -0.2) is 42.7 Å². The van der Waals surface area contributed by atoms with Crippen LogP contribution < -0.4 is 0 Å². The molecule has 2 amide bonds. The van der Waals surface area contributed by atoms with Gasteiger partial charge in [-0.25, -0.2) is 9.59 Å². The van der Waals surface area contributed by atoms with Crippen molar-refractivity contribution in [3.05, 3.63) is 24.3 Å². The molecule has 0 aliphatic carbocycles. The molecule has 1 heterocycles. The van der Waals surface area contributed by atoms with Crippen molar-refractivity contribution in [2.24, 2.45) is 0 Å². The van der Waals surface area contributed by atoms with E-state index in [9.17, 15) is 19.2 Å². The van der Waals surface area contributed by atoms with Crippen molar-refractivity contribution in [2.75, 3.05) is 13.7 Å². The molecule has 0 saturated carbocycles. The molecule has 0 radical (unpaired) electrons. The fourth-order valence-corrected chi connectivity index (χ4v) is 1.53. The van der Waals surface area contributed by atoms with Crippen LogP contribution in [0.2, 0.25) is 0 Å². The Morgan fingerprint density at radius 2 is 1.86 bits per heavy atom. The Labute approximate surface area is 127 Å². The predicted octanol–water partition coefficient (Wildman–Crippen LogP) is 1.27. The largest absolute Gasteiger partial charge is 0.508 e. The summed E-state index contributed by atoms with van der Waals surface area (Å²) in [5.74, 6) is -1.89. The van der Waals surface area contributed by atoms with E-state index in [4.69, 9.17) is 4.84 Å². The topological polar surface area (TPSA) is 99.2 Å². The van der Waals surface area contributed by atoms with Crippen LogP contribution in [0.3, 0.4) is 0 Å². The van der Waals surface area contributed by atoms with E-state index in [-0.39, 0.29) is 31.4 Å². The smallest absolute Gasteiger partial charge is 0.438 e. The Morgan fingerprint density at radius 3 is 2.45 bits per heavy atom. The van der Waals surface area contributed by atoms with Crippen molar-refractivity contribution in [1.29, 1.82) is 0 Å². The molecule has 1 saturated heterocycles. The lowest BCUT2D eigenvalue weighted by molar-refractivity contribution is -0.194. The summed E-state index contributed by atoms with van der Waals surface area (Å²) in [6, 6.07) is 0. The van der Waals surface area contributed by atoms with Gasteiger partial charge in [0.15, 0.2) is 0 Å². The number of carbonyl (C=O) groups excluding carboxylic acids is 4. The summed E-state index contributed by atoms with van der Waals surface area (Å²) in [6.45, 7) is 3.60. The number of hydrogen-bond donors (Lipinski definition) is 0. The van der Waals surface area contributed by atoms with Crippen LogP contribution >= 0.6 is 0 Å². The molecule has 0 N–H and O–H groups in total. The Bertz CT molecular complexity index is 493. The monoisotopic (exact) mass is 311 g/mol. The van der Waals surface area contributed by atoms with Gasteiger partial charge in [0.2, 0.25) is 0 Å². The number of imide groups is 1. The second-order valence-corrected chi connectivity index (χ2v) is 4.34. The second kappa shape index (κ2) is 8.60. The number of hydrogen-bond acceptors (Lipinski definition) is 7. The van der Waals surface area contributed by atoms with Crippen molar-refractivity contribution in [2.45, 2.75) is 25.7 Å². The first-order chi connectivity index (χ1) is 10.5. The van der Waals surface area contributed by atoms with E-state index in [0.29, 0.717) is 11.5 Å². The highest BCUT2D eigenvalue weighted by Crippen LogP contribution is 2.14. The van der Waals surface area contributed by atoms with Crippen molar-refractivity contribution in [1.82, 2.24) is 5.06 Å². The number of carbonyl (C=O) groups is 4. The van der Waals surface area contributed by atoms with E-state index < -0.39 is 23.9 Å². The van der Waals surface area contributed by atoms with Crippen LogP contribution in [0.15, 0.2) is 24.3 Å². The summed E-state index contributed by atoms with van der Waals surface area (Å²) in [6.07, 6.45) is 3.32. The molecule has 8 heteroatoms. The van der Waals surface area contributed by atoms with E-state index in [1.807, 2.05) is 0 Å². The zero-order chi connectivity index (χ0) is 16.5. The minimum atomic E-state index is -0.817. The van der Waals surface area contributed by atoms with Gasteiger partial charge in [0, 0.05) is 18.4 Å². The molecule has 1 aliphatic rings. The Kier molecular flexibility index (Phi) is 6.81.